The van der Waals surface area contributed by atoms with Gasteiger partial charge in [0, 0.05) is 10.0 Å². The first-order valence-corrected chi connectivity index (χ1v) is 14.3. The standard InChI is InChI=1S/2C14H11Cl3FNO2/c2*15-9-1-3-12(11(16)7-9)20-5-6-21-13-4-2-10(8-18)19-14(13)17/h2*1-4,7H,5-6,8H2. The molecule has 0 aliphatic carbocycles. The summed E-state index contributed by atoms with van der Waals surface area (Å²) in [6.07, 6.45) is 0. The Balaban J connectivity index is 0.000000230. The lowest BCUT2D eigenvalue weighted by Crippen LogP contribution is -2.09. The average molecular weight is 701 g/mol. The van der Waals surface area contributed by atoms with E-state index < -0.39 is 13.3 Å². The van der Waals surface area contributed by atoms with Crippen LogP contribution in [0.25, 0.3) is 0 Å². The smallest absolute Gasteiger partial charge is 0.171 e. The highest BCUT2D eigenvalue weighted by Crippen LogP contribution is 2.29. The third kappa shape index (κ3) is 11.0. The Morgan fingerprint density at radius 1 is 0.476 bits per heavy atom. The van der Waals surface area contributed by atoms with Crippen LogP contribution in [0.4, 0.5) is 8.78 Å². The van der Waals surface area contributed by atoms with E-state index in [9.17, 15) is 8.78 Å². The molecule has 0 spiro atoms. The van der Waals surface area contributed by atoms with E-state index in [0.717, 1.165) is 0 Å². The van der Waals surface area contributed by atoms with E-state index in [0.29, 0.717) is 43.1 Å². The molecule has 224 valence electrons. The molecule has 2 aromatic heterocycles. The number of rotatable bonds is 12. The van der Waals surface area contributed by atoms with Gasteiger partial charge in [-0.15, -0.1) is 0 Å². The van der Waals surface area contributed by atoms with Crippen LogP contribution in [-0.2, 0) is 13.3 Å². The third-order valence-corrected chi connectivity index (χ3v) is 6.61. The van der Waals surface area contributed by atoms with Crippen molar-refractivity contribution in [3.63, 3.8) is 0 Å². The lowest BCUT2D eigenvalue weighted by molar-refractivity contribution is 0.217. The summed E-state index contributed by atoms with van der Waals surface area (Å²) in [6, 6.07) is 16.1. The fourth-order valence-corrected chi connectivity index (χ4v) is 4.45. The first-order valence-electron chi connectivity index (χ1n) is 12.0. The number of alkyl halides is 2. The summed E-state index contributed by atoms with van der Waals surface area (Å²) >= 11 is 35.2. The van der Waals surface area contributed by atoms with E-state index in [2.05, 4.69) is 9.97 Å². The van der Waals surface area contributed by atoms with Gasteiger partial charge in [-0.25, -0.2) is 18.7 Å². The summed E-state index contributed by atoms with van der Waals surface area (Å²) in [7, 11) is 0. The number of pyridine rings is 2. The molecular formula is C28H22Cl6F2N2O4. The lowest BCUT2D eigenvalue weighted by atomic mass is 10.3. The maximum Gasteiger partial charge on any atom is 0.171 e. The lowest BCUT2D eigenvalue weighted by Gasteiger charge is -2.10. The molecule has 0 radical (unpaired) electrons. The highest BCUT2D eigenvalue weighted by molar-refractivity contribution is 6.36. The molecule has 4 rings (SSSR count). The Kier molecular flexibility index (Phi) is 14.3. The molecule has 0 saturated heterocycles. The first kappa shape index (κ1) is 34.0. The number of hydrogen-bond acceptors (Lipinski definition) is 6. The highest BCUT2D eigenvalue weighted by atomic mass is 35.5. The molecule has 2 heterocycles. The molecular weight excluding hydrogens is 679 g/mol. The normalized spacial score (nSPS) is 10.5. The summed E-state index contributed by atoms with van der Waals surface area (Å²) < 4.78 is 46.5. The zero-order chi connectivity index (χ0) is 30.5. The second kappa shape index (κ2) is 17.6. The SMILES string of the molecule is FCc1ccc(OCCOc2ccc(Cl)cc2Cl)c(Cl)n1.FCc1ccc(OCCOc2ccc(Cl)cc2Cl)c(Cl)n1. The molecule has 14 heteroatoms. The van der Waals surface area contributed by atoms with Crippen LogP contribution in [0.5, 0.6) is 23.0 Å². The molecule has 4 aromatic rings. The number of aromatic nitrogens is 2. The Bertz CT molecular complexity index is 1360. The predicted octanol–water partition coefficient (Wildman–Crippen LogP) is 9.94. The average Bonchev–Trinajstić information content (AvgIpc) is 2.97. The van der Waals surface area contributed by atoms with Gasteiger partial charge in [-0.3, -0.25) is 0 Å². The van der Waals surface area contributed by atoms with Crippen molar-refractivity contribution in [3.05, 3.63) is 102 Å². The van der Waals surface area contributed by atoms with E-state index >= 15 is 0 Å². The van der Waals surface area contributed by atoms with Gasteiger partial charge in [-0.05, 0) is 60.7 Å². The minimum Gasteiger partial charge on any atom is -0.488 e. The van der Waals surface area contributed by atoms with Gasteiger partial charge in [0.15, 0.2) is 21.8 Å². The number of nitrogens with zero attached hydrogens (tertiary/aromatic N) is 2. The second-order valence-corrected chi connectivity index (χ2v) is 10.4. The highest BCUT2D eigenvalue weighted by Gasteiger charge is 2.08. The Hall–Kier alpha value is -2.46. The minimum atomic E-state index is -0.668. The molecule has 0 unspecified atom stereocenters. The van der Waals surface area contributed by atoms with E-state index in [-0.39, 0.29) is 48.1 Å². The van der Waals surface area contributed by atoms with Crippen molar-refractivity contribution in [1.29, 1.82) is 0 Å². The van der Waals surface area contributed by atoms with Crippen LogP contribution in [0.3, 0.4) is 0 Å². The second-order valence-electron chi connectivity index (χ2n) is 7.99. The molecule has 0 saturated carbocycles. The van der Waals surface area contributed by atoms with Gasteiger partial charge in [0.2, 0.25) is 0 Å². The Morgan fingerprint density at radius 3 is 1.12 bits per heavy atom. The molecule has 0 N–H and O–H groups in total. The molecule has 6 nitrogen and oxygen atoms in total. The minimum absolute atomic E-state index is 0.120. The molecule has 0 fully saturated rings. The number of ether oxygens (including phenoxy) is 4. The Morgan fingerprint density at radius 2 is 0.810 bits per heavy atom. The summed E-state index contributed by atoms with van der Waals surface area (Å²) in [5.41, 5.74) is 0.521. The quantitative estimate of drug-likeness (QED) is 0.108. The fourth-order valence-electron chi connectivity index (χ4n) is 3.07. The van der Waals surface area contributed by atoms with E-state index in [1.807, 2.05) is 0 Å². The van der Waals surface area contributed by atoms with E-state index in [1.54, 1.807) is 48.5 Å². The van der Waals surface area contributed by atoms with Gasteiger partial charge >= 0.3 is 0 Å². The van der Waals surface area contributed by atoms with Crippen molar-refractivity contribution in [2.24, 2.45) is 0 Å². The number of hydrogen-bond donors (Lipinski definition) is 0. The molecule has 0 bridgehead atoms. The summed E-state index contributed by atoms with van der Waals surface area (Å²) in [4.78, 5) is 7.68. The molecule has 0 atom stereocenters. The van der Waals surface area contributed by atoms with Gasteiger partial charge in [0.1, 0.15) is 51.3 Å². The van der Waals surface area contributed by atoms with Crippen molar-refractivity contribution >= 4 is 69.6 Å². The van der Waals surface area contributed by atoms with Crippen LogP contribution in [0.2, 0.25) is 30.4 Å². The third-order valence-electron chi connectivity index (χ3n) is 5.00. The maximum atomic E-state index is 12.4. The zero-order valence-corrected chi connectivity index (χ0v) is 26.1. The molecule has 2 aromatic carbocycles. The van der Waals surface area contributed by atoms with Gasteiger partial charge in [0.05, 0.1) is 21.4 Å². The monoisotopic (exact) mass is 698 g/mol. The van der Waals surface area contributed by atoms with Crippen molar-refractivity contribution in [1.82, 2.24) is 9.97 Å². The maximum absolute atomic E-state index is 12.4. The van der Waals surface area contributed by atoms with Crippen LogP contribution in [-0.4, -0.2) is 36.4 Å². The van der Waals surface area contributed by atoms with Crippen LogP contribution in [0.15, 0.2) is 60.7 Å². The van der Waals surface area contributed by atoms with Crippen LogP contribution in [0, 0.1) is 0 Å². The topological polar surface area (TPSA) is 62.7 Å². The van der Waals surface area contributed by atoms with Crippen molar-refractivity contribution in [2.75, 3.05) is 26.4 Å². The van der Waals surface area contributed by atoms with Gasteiger partial charge in [-0.2, -0.15) is 0 Å². The predicted molar refractivity (Wildman–Crippen MR) is 163 cm³/mol. The van der Waals surface area contributed by atoms with Crippen LogP contribution >= 0.6 is 69.6 Å². The van der Waals surface area contributed by atoms with Crippen molar-refractivity contribution in [3.8, 4) is 23.0 Å². The summed E-state index contributed by atoms with van der Waals surface area (Å²) in [5.74, 6) is 1.78. The van der Waals surface area contributed by atoms with Gasteiger partial charge in [0.25, 0.3) is 0 Å². The van der Waals surface area contributed by atoms with Crippen molar-refractivity contribution < 1.29 is 27.7 Å². The van der Waals surface area contributed by atoms with E-state index in [1.165, 1.54) is 12.1 Å². The van der Waals surface area contributed by atoms with E-state index in [4.69, 9.17) is 88.6 Å². The van der Waals surface area contributed by atoms with Gasteiger partial charge in [-0.1, -0.05) is 69.6 Å². The summed E-state index contributed by atoms with van der Waals surface area (Å²) in [5, 5.41) is 2.16. The zero-order valence-electron chi connectivity index (χ0n) is 21.6. The first-order chi connectivity index (χ1) is 20.2. The number of benzene rings is 2. The fraction of sp³-hybridized carbons (Fsp3) is 0.214. The number of halogens is 8. The largest absolute Gasteiger partial charge is 0.488 e. The molecule has 0 aliphatic rings. The van der Waals surface area contributed by atoms with Crippen molar-refractivity contribution in [2.45, 2.75) is 13.3 Å². The Labute approximate surface area is 271 Å². The summed E-state index contributed by atoms with van der Waals surface area (Å²) in [6.45, 7) is -0.313. The van der Waals surface area contributed by atoms with Gasteiger partial charge < -0.3 is 18.9 Å². The van der Waals surface area contributed by atoms with Crippen LogP contribution < -0.4 is 18.9 Å². The molecule has 0 aliphatic heterocycles. The molecule has 42 heavy (non-hydrogen) atoms. The van der Waals surface area contributed by atoms with Crippen LogP contribution in [0.1, 0.15) is 11.4 Å². The molecule has 0 amide bonds.